The highest BCUT2D eigenvalue weighted by Crippen LogP contribution is 2.18. The van der Waals surface area contributed by atoms with Gasteiger partial charge in [0.1, 0.15) is 0 Å². The molecule has 2 aromatic rings. The molecule has 132 valence electrons. The van der Waals surface area contributed by atoms with Gasteiger partial charge in [-0.2, -0.15) is 0 Å². The first-order valence-electron chi connectivity index (χ1n) is 7.95. The predicted molar refractivity (Wildman–Crippen MR) is 94.9 cm³/mol. The molecular weight excluding hydrogens is 322 g/mol. The maximum Gasteiger partial charge on any atom is 0.335 e. The Morgan fingerprint density at radius 2 is 1.52 bits per heavy atom. The number of carboxylic acids is 1. The lowest BCUT2D eigenvalue weighted by atomic mass is 10.1. The van der Waals surface area contributed by atoms with Crippen LogP contribution in [0.1, 0.15) is 15.9 Å². The maximum absolute atomic E-state index is 10.9. The molecule has 2 N–H and O–H groups in total. The van der Waals surface area contributed by atoms with Crippen LogP contribution in [0.25, 0.3) is 0 Å². The molecular formula is C18H21N3O4. The molecule has 0 saturated carbocycles. The van der Waals surface area contributed by atoms with E-state index in [2.05, 4.69) is 34.1 Å². The predicted octanol–water partition coefficient (Wildman–Crippen LogP) is 2.85. The van der Waals surface area contributed by atoms with Gasteiger partial charge >= 0.3 is 5.97 Å². The van der Waals surface area contributed by atoms with Gasteiger partial charge in [-0.1, -0.05) is 30.3 Å². The summed E-state index contributed by atoms with van der Waals surface area (Å²) in [5.41, 5.74) is 2.79. The molecule has 0 bridgehead atoms. The molecule has 0 unspecified atom stereocenters. The van der Waals surface area contributed by atoms with E-state index in [0.29, 0.717) is 5.56 Å². The summed E-state index contributed by atoms with van der Waals surface area (Å²) in [6, 6.07) is 17.7. The molecule has 0 spiro atoms. The van der Waals surface area contributed by atoms with Gasteiger partial charge in [0.2, 0.25) is 0 Å². The Labute approximate surface area is 146 Å². The summed E-state index contributed by atoms with van der Waals surface area (Å²) in [6.45, 7) is 4.98. The zero-order chi connectivity index (χ0) is 18.1. The van der Waals surface area contributed by atoms with Crippen molar-refractivity contribution in [3.8, 4) is 0 Å². The fraction of sp³-hybridized carbons (Fsp3) is 0.278. The second kappa shape index (κ2) is 9.39. The minimum absolute atomic E-state index is 0.339. The largest absolute Gasteiger partial charge is 0.478 e. The molecule has 7 heteroatoms. The third kappa shape index (κ3) is 5.58. The summed E-state index contributed by atoms with van der Waals surface area (Å²) in [6.07, 6.45) is 0. The van der Waals surface area contributed by atoms with Crippen molar-refractivity contribution >= 4 is 11.7 Å². The Morgan fingerprint density at radius 3 is 2.04 bits per heavy atom. The van der Waals surface area contributed by atoms with Crippen LogP contribution in [0.4, 0.5) is 5.69 Å². The number of anilines is 1. The van der Waals surface area contributed by atoms with Crippen molar-refractivity contribution in [2.24, 2.45) is 5.34 Å². The Kier molecular flexibility index (Phi) is 6.91. The number of carbonyl (C=O) groups is 1. The monoisotopic (exact) mass is 343 g/mol. The Morgan fingerprint density at radius 1 is 0.960 bits per heavy atom. The molecule has 1 aliphatic heterocycles. The lowest BCUT2D eigenvalue weighted by molar-refractivity contribution is 0.0697. The van der Waals surface area contributed by atoms with Crippen molar-refractivity contribution in [2.45, 2.75) is 6.54 Å². The van der Waals surface area contributed by atoms with Crippen LogP contribution >= 0.6 is 0 Å². The van der Waals surface area contributed by atoms with Gasteiger partial charge in [-0.3, -0.25) is 4.90 Å². The van der Waals surface area contributed by atoms with E-state index in [1.807, 2.05) is 18.2 Å². The molecule has 0 aromatic heterocycles. The first-order valence-corrected chi connectivity index (χ1v) is 7.95. The number of aromatic carboxylic acids is 1. The van der Waals surface area contributed by atoms with E-state index in [-0.39, 0.29) is 0 Å². The smallest absolute Gasteiger partial charge is 0.335 e. The van der Waals surface area contributed by atoms with Crippen molar-refractivity contribution in [1.29, 1.82) is 0 Å². The minimum Gasteiger partial charge on any atom is -0.478 e. The fourth-order valence-corrected chi connectivity index (χ4v) is 2.82. The van der Waals surface area contributed by atoms with Crippen LogP contribution < -0.4 is 4.90 Å². The first kappa shape index (κ1) is 18.4. The van der Waals surface area contributed by atoms with Crippen molar-refractivity contribution in [3.63, 3.8) is 0 Å². The van der Waals surface area contributed by atoms with E-state index in [4.69, 9.17) is 15.2 Å². The fourth-order valence-electron chi connectivity index (χ4n) is 2.82. The van der Waals surface area contributed by atoms with E-state index < -0.39 is 5.97 Å². The molecule has 2 aromatic carbocycles. The van der Waals surface area contributed by atoms with Crippen LogP contribution in [-0.4, -0.2) is 47.4 Å². The van der Waals surface area contributed by atoms with Gasteiger partial charge in [0.05, 0.1) is 5.56 Å². The summed E-state index contributed by atoms with van der Waals surface area (Å²) < 4.78 is 0. The summed E-state index contributed by atoms with van der Waals surface area (Å²) >= 11 is 0. The van der Waals surface area contributed by atoms with Crippen LogP contribution in [-0.2, 0) is 6.54 Å². The molecule has 7 nitrogen and oxygen atoms in total. The molecule has 3 rings (SSSR count). The Hall–Kier alpha value is -2.93. The van der Waals surface area contributed by atoms with Crippen molar-refractivity contribution in [2.75, 3.05) is 31.1 Å². The summed E-state index contributed by atoms with van der Waals surface area (Å²) in [7, 11) is 0. The number of carboxylic acid groups (broad SMARTS) is 1. The number of benzene rings is 2. The summed E-state index contributed by atoms with van der Waals surface area (Å²) in [5, 5.41) is 16.8. The Balaban J connectivity index is 0.000000701. The zero-order valence-electron chi connectivity index (χ0n) is 13.8. The average Bonchev–Trinajstić information content (AvgIpc) is 2.64. The van der Waals surface area contributed by atoms with Gasteiger partial charge in [0.15, 0.2) is 5.34 Å². The van der Waals surface area contributed by atoms with Gasteiger partial charge in [-0.15, -0.1) is 4.91 Å². The van der Waals surface area contributed by atoms with E-state index in [9.17, 15) is 4.79 Å². The number of nitrogens with zero attached hydrogens (tertiary/aromatic N) is 3. The molecule has 0 amide bonds. The number of hydrogen-bond acceptors (Lipinski definition) is 5. The molecule has 1 heterocycles. The van der Waals surface area contributed by atoms with Crippen LogP contribution in [0.3, 0.4) is 0 Å². The lowest BCUT2D eigenvalue weighted by Gasteiger charge is -2.36. The lowest BCUT2D eigenvalue weighted by Crippen LogP contribution is -2.45. The third-order valence-corrected chi connectivity index (χ3v) is 4.10. The normalized spacial score (nSPS) is 14.3. The van der Waals surface area contributed by atoms with E-state index in [1.165, 1.54) is 10.9 Å². The third-order valence-electron chi connectivity index (χ3n) is 4.10. The molecule has 25 heavy (non-hydrogen) atoms. The minimum atomic E-state index is -0.876. The van der Waals surface area contributed by atoms with E-state index in [0.717, 1.165) is 38.4 Å². The van der Waals surface area contributed by atoms with Gasteiger partial charge in [0.25, 0.3) is 0 Å². The van der Waals surface area contributed by atoms with Gasteiger partial charge in [0, 0.05) is 38.4 Å². The number of hydrogen-bond donors (Lipinski definition) is 2. The highest BCUT2D eigenvalue weighted by Gasteiger charge is 2.17. The highest BCUT2D eigenvalue weighted by atomic mass is 16.6. The summed E-state index contributed by atoms with van der Waals surface area (Å²) in [5.74, 6) is -0.876. The summed E-state index contributed by atoms with van der Waals surface area (Å²) in [4.78, 5) is 23.8. The van der Waals surface area contributed by atoms with Gasteiger partial charge in [-0.25, -0.2) is 4.79 Å². The van der Waals surface area contributed by atoms with Crippen LogP contribution in [0, 0.1) is 4.91 Å². The molecule has 0 aliphatic carbocycles. The second-order valence-electron chi connectivity index (χ2n) is 5.68. The molecule has 1 fully saturated rings. The maximum atomic E-state index is 10.9. The SMILES string of the molecule is O=C(O)c1ccc(N2CCN(Cc3ccccc3)CC2)cc1.O=NO. The topological polar surface area (TPSA) is 93.4 Å². The number of piperazine rings is 1. The van der Waals surface area contributed by atoms with Crippen LogP contribution in [0.2, 0.25) is 0 Å². The van der Waals surface area contributed by atoms with Crippen molar-refractivity contribution in [3.05, 3.63) is 70.6 Å². The van der Waals surface area contributed by atoms with Crippen LogP contribution in [0.5, 0.6) is 0 Å². The second-order valence-corrected chi connectivity index (χ2v) is 5.68. The van der Waals surface area contributed by atoms with Crippen LogP contribution in [0.15, 0.2) is 59.9 Å². The highest BCUT2D eigenvalue weighted by molar-refractivity contribution is 5.88. The van der Waals surface area contributed by atoms with Crippen molar-refractivity contribution < 1.29 is 15.1 Å². The van der Waals surface area contributed by atoms with Gasteiger partial charge in [-0.05, 0) is 29.8 Å². The van der Waals surface area contributed by atoms with E-state index >= 15 is 0 Å². The van der Waals surface area contributed by atoms with Crippen molar-refractivity contribution in [1.82, 2.24) is 4.90 Å². The quantitative estimate of drug-likeness (QED) is 0.655. The molecule has 0 atom stereocenters. The standard InChI is InChI=1S/C18H20N2O2.HNO2/c21-18(22)16-6-8-17(9-7-16)20-12-10-19(11-13-20)14-15-4-2-1-3-5-15;2-1-3/h1-9H,10-14H2,(H,21,22);(H,2,3). The average molecular weight is 343 g/mol. The molecule has 0 radical (unpaired) electrons. The zero-order valence-corrected chi connectivity index (χ0v) is 13.8. The first-order chi connectivity index (χ1) is 12.1. The van der Waals surface area contributed by atoms with Gasteiger partial charge < -0.3 is 15.2 Å². The Bertz CT molecular complexity index is 668. The molecule has 1 aliphatic rings. The number of rotatable bonds is 4. The van der Waals surface area contributed by atoms with E-state index in [1.54, 1.807) is 12.1 Å². The molecule has 1 saturated heterocycles.